The van der Waals surface area contributed by atoms with Gasteiger partial charge in [0.25, 0.3) is 5.56 Å². The van der Waals surface area contributed by atoms with Crippen molar-refractivity contribution in [2.45, 2.75) is 39.2 Å². The second kappa shape index (κ2) is 8.77. The Hall–Kier alpha value is -2.03. The van der Waals surface area contributed by atoms with Crippen molar-refractivity contribution >= 4 is 38.8 Å². The molecule has 144 valence electrons. The second-order valence-electron chi connectivity index (χ2n) is 6.21. The van der Waals surface area contributed by atoms with E-state index in [2.05, 4.69) is 6.92 Å². The number of methoxy groups -OCH3 is 1. The van der Waals surface area contributed by atoms with Crippen LogP contribution in [-0.4, -0.2) is 29.2 Å². The molecule has 27 heavy (non-hydrogen) atoms. The molecule has 0 saturated carbocycles. The number of rotatable bonds is 9. The first-order chi connectivity index (χ1) is 13.1. The van der Waals surface area contributed by atoms with Crippen molar-refractivity contribution in [3.05, 3.63) is 38.6 Å². The van der Waals surface area contributed by atoms with Gasteiger partial charge < -0.3 is 10.5 Å². The fraction of sp³-hybridized carbons (Fsp3) is 0.421. The molecule has 2 N–H and O–H groups in total. The number of thiophene rings is 2. The molecule has 0 atom stereocenters. The lowest BCUT2D eigenvalue weighted by molar-refractivity contribution is -0.118. The Labute approximate surface area is 165 Å². The van der Waals surface area contributed by atoms with E-state index in [1.807, 2.05) is 17.5 Å². The van der Waals surface area contributed by atoms with Gasteiger partial charge >= 0.3 is 0 Å². The predicted octanol–water partition coefficient (Wildman–Crippen LogP) is 3.20. The minimum absolute atomic E-state index is 0.0464. The molecule has 0 saturated heterocycles. The minimum atomic E-state index is -0.362. The number of fused-ring (bicyclic) bond motifs is 1. The summed E-state index contributed by atoms with van der Waals surface area (Å²) in [6.45, 7) is 3.00. The molecule has 3 aromatic heterocycles. The summed E-state index contributed by atoms with van der Waals surface area (Å²) in [6.07, 6.45) is 2.16. The number of nitrogens with zero attached hydrogens (tertiary/aromatic N) is 2. The van der Waals surface area contributed by atoms with Crippen LogP contribution in [0.2, 0.25) is 0 Å². The number of hydrogen-bond donors (Lipinski definition) is 1. The number of carbonyl (C=O) groups excluding carboxylic acids is 1. The van der Waals surface area contributed by atoms with E-state index in [1.165, 1.54) is 4.88 Å². The zero-order chi connectivity index (χ0) is 19.4. The fourth-order valence-electron chi connectivity index (χ4n) is 3.13. The van der Waals surface area contributed by atoms with Crippen molar-refractivity contribution in [1.29, 1.82) is 0 Å². The van der Waals surface area contributed by atoms with Crippen molar-refractivity contribution in [3.8, 4) is 10.4 Å². The maximum atomic E-state index is 13.4. The number of hydrogen-bond acceptors (Lipinski definition) is 6. The van der Waals surface area contributed by atoms with Gasteiger partial charge in [-0.2, -0.15) is 0 Å². The van der Waals surface area contributed by atoms with Gasteiger partial charge in [-0.15, -0.1) is 22.7 Å². The summed E-state index contributed by atoms with van der Waals surface area (Å²) in [6, 6.07) is 4.04. The highest BCUT2D eigenvalue weighted by molar-refractivity contribution is 7.20. The van der Waals surface area contributed by atoms with E-state index in [9.17, 15) is 9.59 Å². The van der Waals surface area contributed by atoms with Crippen molar-refractivity contribution < 1.29 is 9.53 Å². The van der Waals surface area contributed by atoms with Gasteiger partial charge in [-0.05, 0) is 24.3 Å². The summed E-state index contributed by atoms with van der Waals surface area (Å²) < 4.78 is 6.87. The van der Waals surface area contributed by atoms with Crippen molar-refractivity contribution in [2.75, 3.05) is 13.7 Å². The van der Waals surface area contributed by atoms with E-state index in [0.29, 0.717) is 37.2 Å². The summed E-state index contributed by atoms with van der Waals surface area (Å²) in [5.74, 6) is 0.332. The number of nitrogens with two attached hydrogens (primary N) is 1. The Kier molecular flexibility index (Phi) is 6.41. The molecule has 0 bridgehead atoms. The first-order valence-corrected chi connectivity index (χ1v) is 10.6. The molecule has 0 aliphatic carbocycles. The predicted molar refractivity (Wildman–Crippen MR) is 111 cm³/mol. The van der Waals surface area contributed by atoms with Gasteiger partial charge in [-0.25, -0.2) is 4.98 Å². The first kappa shape index (κ1) is 19.7. The Morgan fingerprint density at radius 1 is 1.41 bits per heavy atom. The van der Waals surface area contributed by atoms with Crippen molar-refractivity contribution in [2.24, 2.45) is 5.73 Å². The summed E-state index contributed by atoms with van der Waals surface area (Å²) >= 11 is 3.22. The zero-order valence-corrected chi connectivity index (χ0v) is 17.1. The molecule has 0 radical (unpaired) electrons. The molecule has 8 heteroatoms. The molecular weight excluding hydrogens is 382 g/mol. The van der Waals surface area contributed by atoms with Crippen LogP contribution in [0.4, 0.5) is 0 Å². The number of amides is 1. The number of ether oxygens (including phenoxy) is 1. The van der Waals surface area contributed by atoms with Gasteiger partial charge in [0.1, 0.15) is 10.7 Å². The summed E-state index contributed by atoms with van der Waals surface area (Å²) in [5.41, 5.74) is 6.21. The van der Waals surface area contributed by atoms with Crippen molar-refractivity contribution in [1.82, 2.24) is 9.55 Å². The molecule has 0 aliphatic heterocycles. The second-order valence-corrected chi connectivity index (χ2v) is 8.24. The lowest BCUT2D eigenvalue weighted by Gasteiger charge is -2.12. The Balaban J connectivity index is 2.17. The van der Waals surface area contributed by atoms with E-state index < -0.39 is 0 Å². The summed E-state index contributed by atoms with van der Waals surface area (Å²) in [5, 5.41) is 2.70. The average molecular weight is 406 g/mol. The molecule has 0 aliphatic rings. The highest BCUT2D eigenvalue weighted by Gasteiger charge is 2.21. The third-order valence-corrected chi connectivity index (χ3v) is 6.50. The largest absolute Gasteiger partial charge is 0.384 e. The van der Waals surface area contributed by atoms with E-state index in [-0.39, 0.29) is 17.9 Å². The quantitative estimate of drug-likeness (QED) is 0.592. The molecule has 3 aromatic rings. The standard InChI is InChI=1S/C19H23N3O3S2/c1-3-12-16(13-6-5-11-26-13)17-18(27-12)21-15(8-10-25-2)22(19(17)24)9-4-7-14(20)23/h5-6,11H,3-4,7-10H2,1-2H3,(H2,20,23). The maximum absolute atomic E-state index is 13.4. The molecule has 6 nitrogen and oxygen atoms in total. The SMILES string of the molecule is CCc1sc2nc(CCOC)n(CCCC(N)=O)c(=O)c2c1-c1cccs1. The van der Waals surface area contributed by atoms with Crippen LogP contribution in [0, 0.1) is 0 Å². The minimum Gasteiger partial charge on any atom is -0.384 e. The molecule has 3 rings (SSSR count). The molecule has 0 fully saturated rings. The number of carbonyl (C=O) groups is 1. The van der Waals surface area contributed by atoms with Gasteiger partial charge in [0, 0.05) is 41.8 Å². The number of aryl methyl sites for hydroxylation is 1. The van der Waals surface area contributed by atoms with Gasteiger partial charge in [-0.3, -0.25) is 14.2 Å². The number of primary amides is 1. The lowest BCUT2D eigenvalue weighted by atomic mass is 10.1. The highest BCUT2D eigenvalue weighted by atomic mass is 32.1. The van der Waals surface area contributed by atoms with Crippen LogP contribution in [0.5, 0.6) is 0 Å². The maximum Gasteiger partial charge on any atom is 0.262 e. The Morgan fingerprint density at radius 2 is 2.22 bits per heavy atom. The fourth-order valence-corrected chi connectivity index (χ4v) is 5.13. The summed E-state index contributed by atoms with van der Waals surface area (Å²) in [7, 11) is 1.63. The molecule has 1 amide bonds. The molecule has 3 heterocycles. The van der Waals surface area contributed by atoms with Gasteiger partial charge in [0.05, 0.1) is 12.0 Å². The highest BCUT2D eigenvalue weighted by Crippen LogP contribution is 2.38. The smallest absolute Gasteiger partial charge is 0.262 e. The summed E-state index contributed by atoms with van der Waals surface area (Å²) in [4.78, 5) is 32.3. The molecule has 0 unspecified atom stereocenters. The molecule has 0 spiro atoms. The van der Waals surface area contributed by atoms with Crippen LogP contribution in [0.1, 0.15) is 30.5 Å². The third-order valence-electron chi connectivity index (χ3n) is 4.39. The van der Waals surface area contributed by atoms with E-state index in [1.54, 1.807) is 34.4 Å². The zero-order valence-electron chi connectivity index (χ0n) is 15.5. The van der Waals surface area contributed by atoms with Crippen LogP contribution in [0.3, 0.4) is 0 Å². The van der Waals surface area contributed by atoms with Gasteiger partial charge in [-0.1, -0.05) is 13.0 Å². The first-order valence-electron chi connectivity index (χ1n) is 8.93. The van der Waals surface area contributed by atoms with Crippen LogP contribution in [0.15, 0.2) is 22.3 Å². The lowest BCUT2D eigenvalue weighted by Crippen LogP contribution is -2.26. The van der Waals surface area contributed by atoms with Crippen LogP contribution < -0.4 is 11.3 Å². The third kappa shape index (κ3) is 4.12. The Morgan fingerprint density at radius 3 is 2.85 bits per heavy atom. The van der Waals surface area contributed by atoms with E-state index >= 15 is 0 Å². The van der Waals surface area contributed by atoms with E-state index in [0.717, 1.165) is 21.7 Å². The van der Waals surface area contributed by atoms with Crippen LogP contribution in [-0.2, 0) is 28.9 Å². The molecule has 0 aromatic carbocycles. The number of aromatic nitrogens is 2. The molecular formula is C19H23N3O3S2. The van der Waals surface area contributed by atoms with Crippen molar-refractivity contribution in [3.63, 3.8) is 0 Å². The van der Waals surface area contributed by atoms with Crippen LogP contribution in [0.25, 0.3) is 20.7 Å². The van der Waals surface area contributed by atoms with E-state index in [4.69, 9.17) is 15.5 Å². The topological polar surface area (TPSA) is 87.2 Å². The monoisotopic (exact) mass is 405 g/mol. The van der Waals surface area contributed by atoms with Crippen LogP contribution >= 0.6 is 22.7 Å². The Bertz CT molecular complexity index is 990. The van der Waals surface area contributed by atoms with Gasteiger partial charge in [0.2, 0.25) is 5.91 Å². The normalized spacial score (nSPS) is 11.3. The average Bonchev–Trinajstić information content (AvgIpc) is 3.28. The van der Waals surface area contributed by atoms with Gasteiger partial charge in [0.15, 0.2) is 0 Å².